The van der Waals surface area contributed by atoms with Crippen LogP contribution in [0.3, 0.4) is 0 Å². The van der Waals surface area contributed by atoms with Gasteiger partial charge in [0.25, 0.3) is 0 Å². The number of hydrogen-bond donors (Lipinski definition) is 1. The van der Waals surface area contributed by atoms with E-state index in [2.05, 4.69) is 44.0 Å². The third-order valence-electron chi connectivity index (χ3n) is 4.29. The summed E-state index contributed by atoms with van der Waals surface area (Å²) < 4.78 is 5.58. The summed E-state index contributed by atoms with van der Waals surface area (Å²) in [6, 6.07) is 4.53. The molecule has 1 unspecified atom stereocenters. The Morgan fingerprint density at radius 1 is 1.38 bits per heavy atom. The number of nitrogens with zero attached hydrogens (tertiary/aromatic N) is 1. The molecule has 0 amide bonds. The molecular weight excluding hydrogens is 284 g/mol. The van der Waals surface area contributed by atoms with Gasteiger partial charge in [0.15, 0.2) is 0 Å². The van der Waals surface area contributed by atoms with E-state index in [0.29, 0.717) is 12.0 Å². The zero-order valence-electron chi connectivity index (χ0n) is 14.0. The average molecular weight is 311 g/mol. The minimum Gasteiger partial charge on any atom is -0.495 e. The Morgan fingerprint density at radius 3 is 2.62 bits per heavy atom. The Labute approximate surface area is 133 Å². The summed E-state index contributed by atoms with van der Waals surface area (Å²) in [5.74, 6) is 1.42. The van der Waals surface area contributed by atoms with E-state index in [4.69, 9.17) is 16.3 Å². The van der Waals surface area contributed by atoms with E-state index in [-0.39, 0.29) is 5.54 Å². The normalized spacial score (nSPS) is 21.7. The van der Waals surface area contributed by atoms with Crippen molar-refractivity contribution in [2.45, 2.75) is 46.2 Å². The Balaban J connectivity index is 2.47. The highest BCUT2D eigenvalue weighted by atomic mass is 35.5. The predicted molar refractivity (Wildman–Crippen MR) is 90.8 cm³/mol. The van der Waals surface area contributed by atoms with Gasteiger partial charge in [-0.05, 0) is 38.3 Å². The molecule has 1 aliphatic heterocycles. The Morgan fingerprint density at radius 2 is 2.05 bits per heavy atom. The standard InChI is InChI=1S/C17H27ClN2O/c1-11(2)15-9-19-17(4,5)10-20(15)14-7-12(3)13(18)8-16(14)21-6/h7-8,11,15,19H,9-10H2,1-6H3. The zero-order valence-corrected chi connectivity index (χ0v) is 14.7. The number of benzene rings is 1. The molecule has 0 bridgehead atoms. The van der Waals surface area contributed by atoms with Crippen LogP contribution in [0.1, 0.15) is 33.3 Å². The van der Waals surface area contributed by atoms with E-state index in [0.717, 1.165) is 35.1 Å². The van der Waals surface area contributed by atoms with Crippen molar-refractivity contribution < 1.29 is 4.74 Å². The number of hydrogen-bond acceptors (Lipinski definition) is 3. The lowest BCUT2D eigenvalue weighted by Crippen LogP contribution is -2.63. The van der Waals surface area contributed by atoms with Gasteiger partial charge < -0.3 is 15.0 Å². The zero-order chi connectivity index (χ0) is 15.8. The molecule has 1 aliphatic rings. The molecule has 0 aromatic heterocycles. The number of piperazine rings is 1. The minimum atomic E-state index is 0.0872. The van der Waals surface area contributed by atoms with Gasteiger partial charge >= 0.3 is 0 Å². The van der Waals surface area contributed by atoms with E-state index in [1.165, 1.54) is 0 Å². The average Bonchev–Trinajstić information content (AvgIpc) is 2.39. The topological polar surface area (TPSA) is 24.5 Å². The second-order valence-electron chi connectivity index (χ2n) is 6.98. The van der Waals surface area contributed by atoms with Gasteiger partial charge in [0.2, 0.25) is 0 Å². The maximum absolute atomic E-state index is 6.25. The van der Waals surface area contributed by atoms with Crippen molar-refractivity contribution in [1.29, 1.82) is 0 Å². The van der Waals surface area contributed by atoms with Crippen molar-refractivity contribution >= 4 is 17.3 Å². The van der Waals surface area contributed by atoms with E-state index < -0.39 is 0 Å². The number of halogens is 1. The largest absolute Gasteiger partial charge is 0.495 e. The quantitative estimate of drug-likeness (QED) is 0.917. The van der Waals surface area contributed by atoms with Crippen LogP contribution in [-0.4, -0.2) is 31.8 Å². The molecule has 0 radical (unpaired) electrons. The number of aryl methyl sites for hydroxylation is 1. The Kier molecular flexibility index (Phi) is 4.74. The van der Waals surface area contributed by atoms with Crippen LogP contribution in [0, 0.1) is 12.8 Å². The molecule has 4 heteroatoms. The van der Waals surface area contributed by atoms with Crippen molar-refractivity contribution in [3.63, 3.8) is 0 Å². The summed E-state index contributed by atoms with van der Waals surface area (Å²) in [4.78, 5) is 2.48. The number of methoxy groups -OCH3 is 1. The highest BCUT2D eigenvalue weighted by Gasteiger charge is 2.35. The summed E-state index contributed by atoms with van der Waals surface area (Å²) in [7, 11) is 1.71. The van der Waals surface area contributed by atoms with Gasteiger partial charge in [-0.1, -0.05) is 25.4 Å². The van der Waals surface area contributed by atoms with Crippen LogP contribution in [-0.2, 0) is 0 Å². The van der Waals surface area contributed by atoms with Crippen LogP contribution in [0.5, 0.6) is 5.75 Å². The van der Waals surface area contributed by atoms with Gasteiger partial charge in [0, 0.05) is 35.8 Å². The molecule has 0 spiro atoms. The number of nitrogens with one attached hydrogen (secondary N) is 1. The lowest BCUT2D eigenvalue weighted by molar-refractivity contribution is 0.275. The van der Waals surface area contributed by atoms with Gasteiger partial charge in [-0.3, -0.25) is 0 Å². The van der Waals surface area contributed by atoms with Crippen molar-refractivity contribution in [3.8, 4) is 5.75 Å². The Hall–Kier alpha value is -0.930. The fourth-order valence-corrected chi connectivity index (χ4v) is 3.14. The first-order chi connectivity index (χ1) is 9.75. The minimum absolute atomic E-state index is 0.0872. The van der Waals surface area contributed by atoms with Crippen molar-refractivity contribution in [2.24, 2.45) is 5.92 Å². The van der Waals surface area contributed by atoms with Gasteiger partial charge in [0.1, 0.15) is 5.75 Å². The van der Waals surface area contributed by atoms with E-state index in [1.54, 1.807) is 7.11 Å². The maximum atomic E-state index is 6.25. The molecule has 3 nitrogen and oxygen atoms in total. The molecule has 21 heavy (non-hydrogen) atoms. The number of ether oxygens (including phenoxy) is 1. The summed E-state index contributed by atoms with van der Waals surface area (Å²) in [6.07, 6.45) is 0. The molecule has 0 aliphatic carbocycles. The van der Waals surface area contributed by atoms with Crippen LogP contribution < -0.4 is 15.0 Å². The molecule has 1 fully saturated rings. The Bertz CT molecular complexity index is 514. The van der Waals surface area contributed by atoms with E-state index in [9.17, 15) is 0 Å². The molecule has 1 aromatic rings. The van der Waals surface area contributed by atoms with Crippen molar-refractivity contribution in [2.75, 3.05) is 25.1 Å². The third kappa shape index (κ3) is 3.46. The van der Waals surface area contributed by atoms with Crippen LogP contribution in [0.15, 0.2) is 12.1 Å². The summed E-state index contributed by atoms with van der Waals surface area (Å²) in [5.41, 5.74) is 2.32. The first kappa shape index (κ1) is 16.4. The molecule has 0 saturated carbocycles. The molecule has 118 valence electrons. The lowest BCUT2D eigenvalue weighted by Gasteiger charge is -2.48. The third-order valence-corrected chi connectivity index (χ3v) is 4.70. The van der Waals surface area contributed by atoms with Crippen LogP contribution >= 0.6 is 11.6 Å². The summed E-state index contributed by atoms with van der Waals surface area (Å²) in [6.45, 7) is 13.0. The van der Waals surface area contributed by atoms with Crippen LogP contribution in [0.2, 0.25) is 5.02 Å². The maximum Gasteiger partial charge on any atom is 0.143 e. The van der Waals surface area contributed by atoms with Crippen LogP contribution in [0.25, 0.3) is 0 Å². The highest BCUT2D eigenvalue weighted by molar-refractivity contribution is 6.31. The molecule has 1 saturated heterocycles. The molecule has 2 rings (SSSR count). The first-order valence-corrected chi connectivity index (χ1v) is 7.99. The van der Waals surface area contributed by atoms with Crippen LogP contribution in [0.4, 0.5) is 5.69 Å². The number of rotatable bonds is 3. The van der Waals surface area contributed by atoms with Crippen molar-refractivity contribution in [1.82, 2.24) is 5.32 Å². The van der Waals surface area contributed by atoms with Gasteiger partial charge in [-0.25, -0.2) is 0 Å². The summed E-state index contributed by atoms with van der Waals surface area (Å²) in [5, 5.41) is 4.40. The van der Waals surface area contributed by atoms with E-state index >= 15 is 0 Å². The SMILES string of the molecule is COc1cc(Cl)c(C)cc1N1CC(C)(C)NCC1C(C)C. The van der Waals surface area contributed by atoms with Gasteiger partial charge in [-0.2, -0.15) is 0 Å². The molecule has 1 aromatic carbocycles. The molecule has 1 atom stereocenters. The van der Waals surface area contributed by atoms with E-state index in [1.807, 2.05) is 13.0 Å². The molecular formula is C17H27ClN2O. The van der Waals surface area contributed by atoms with Gasteiger partial charge in [-0.15, -0.1) is 0 Å². The number of anilines is 1. The highest BCUT2D eigenvalue weighted by Crippen LogP contribution is 2.37. The fourth-order valence-electron chi connectivity index (χ4n) is 2.99. The first-order valence-electron chi connectivity index (χ1n) is 7.61. The second kappa shape index (κ2) is 6.05. The van der Waals surface area contributed by atoms with Crippen molar-refractivity contribution in [3.05, 3.63) is 22.7 Å². The monoisotopic (exact) mass is 310 g/mol. The van der Waals surface area contributed by atoms with Gasteiger partial charge in [0.05, 0.1) is 12.8 Å². The fraction of sp³-hybridized carbons (Fsp3) is 0.647. The summed E-state index contributed by atoms with van der Waals surface area (Å²) >= 11 is 6.25. The molecule has 1 N–H and O–H groups in total. The lowest BCUT2D eigenvalue weighted by atomic mass is 9.92. The smallest absolute Gasteiger partial charge is 0.143 e. The second-order valence-corrected chi connectivity index (χ2v) is 7.38. The molecule has 1 heterocycles. The predicted octanol–water partition coefficient (Wildman–Crippen LogP) is 3.87.